The quantitative estimate of drug-likeness (QED) is 0.774. The van der Waals surface area contributed by atoms with E-state index >= 15 is 0 Å². The van der Waals surface area contributed by atoms with Crippen LogP contribution in [0.4, 0.5) is 0 Å². The minimum atomic E-state index is -0.310. The van der Waals surface area contributed by atoms with Gasteiger partial charge in [0.1, 0.15) is 5.76 Å². The van der Waals surface area contributed by atoms with Gasteiger partial charge in [0.2, 0.25) is 6.29 Å². The van der Waals surface area contributed by atoms with Crippen molar-refractivity contribution in [2.24, 2.45) is 5.41 Å². The maximum atomic E-state index is 5.91. The molecule has 20 heavy (non-hydrogen) atoms. The van der Waals surface area contributed by atoms with Gasteiger partial charge in [-0.15, -0.1) is 0 Å². The molecule has 0 N–H and O–H groups in total. The molecule has 0 spiro atoms. The maximum Gasteiger partial charge on any atom is 0.205 e. The van der Waals surface area contributed by atoms with Crippen molar-refractivity contribution in [2.75, 3.05) is 0 Å². The van der Waals surface area contributed by atoms with Crippen molar-refractivity contribution < 1.29 is 14.2 Å². The van der Waals surface area contributed by atoms with Crippen LogP contribution < -0.4 is 0 Å². The topological polar surface area (TPSA) is 27.7 Å². The lowest BCUT2D eigenvalue weighted by molar-refractivity contribution is -0.317. The molecule has 0 radical (unpaired) electrons. The number of ether oxygens (including phenoxy) is 3. The van der Waals surface area contributed by atoms with Crippen molar-refractivity contribution in [1.82, 2.24) is 0 Å². The largest absolute Gasteiger partial charge is 0.465 e. The summed E-state index contributed by atoms with van der Waals surface area (Å²) in [6.45, 7) is 12.3. The summed E-state index contributed by atoms with van der Waals surface area (Å²) >= 11 is 0. The molecule has 1 aliphatic heterocycles. The fourth-order valence-corrected chi connectivity index (χ4v) is 2.10. The van der Waals surface area contributed by atoms with Crippen molar-refractivity contribution in [3.63, 3.8) is 0 Å². The molecule has 0 aromatic heterocycles. The van der Waals surface area contributed by atoms with Gasteiger partial charge in [0.25, 0.3) is 0 Å². The van der Waals surface area contributed by atoms with Crippen LogP contribution in [0.3, 0.4) is 0 Å². The molecule has 1 heterocycles. The fourth-order valence-electron chi connectivity index (χ4n) is 2.10. The Balaban J connectivity index is 2.00. The first kappa shape index (κ1) is 15.1. The van der Waals surface area contributed by atoms with Gasteiger partial charge < -0.3 is 14.2 Å². The molecule has 1 aromatic carbocycles. The lowest BCUT2D eigenvalue weighted by Gasteiger charge is -2.40. The molecule has 0 saturated carbocycles. The molecule has 3 atom stereocenters. The van der Waals surface area contributed by atoms with Crippen LogP contribution in [-0.2, 0) is 14.2 Å². The third-order valence-corrected chi connectivity index (χ3v) is 3.23. The lowest BCUT2D eigenvalue weighted by Crippen LogP contribution is -2.44. The number of hydrogen-bond donors (Lipinski definition) is 0. The number of benzene rings is 1. The zero-order chi connectivity index (χ0) is 14.8. The van der Waals surface area contributed by atoms with Crippen molar-refractivity contribution in [2.45, 2.75) is 52.8 Å². The van der Waals surface area contributed by atoms with Crippen LogP contribution in [0.25, 0.3) is 5.76 Å². The molecule has 3 nitrogen and oxygen atoms in total. The molecular formula is C17H24O3. The molecule has 110 valence electrons. The standard InChI is InChI=1S/C17H24O3/c1-12-11-15(20-16(18-12)17(3,4)5)19-13(2)14-9-7-6-8-10-14/h6-10,12,15-16H,2,11H2,1,3-5H3/t12-,15-,16-/m0/s1. The van der Waals surface area contributed by atoms with E-state index in [2.05, 4.69) is 27.4 Å². The van der Waals surface area contributed by atoms with Crippen LogP contribution in [0.5, 0.6) is 0 Å². The molecular weight excluding hydrogens is 252 g/mol. The monoisotopic (exact) mass is 276 g/mol. The van der Waals surface area contributed by atoms with Crippen LogP contribution in [0.1, 0.15) is 39.7 Å². The van der Waals surface area contributed by atoms with E-state index in [0.29, 0.717) is 12.2 Å². The van der Waals surface area contributed by atoms with Gasteiger partial charge in [-0.2, -0.15) is 0 Å². The van der Waals surface area contributed by atoms with E-state index in [1.165, 1.54) is 0 Å². The van der Waals surface area contributed by atoms with Crippen molar-refractivity contribution in [3.8, 4) is 0 Å². The highest BCUT2D eigenvalue weighted by Gasteiger charge is 2.36. The molecule has 2 rings (SSSR count). The summed E-state index contributed by atoms with van der Waals surface area (Å²) in [5.41, 5.74) is 0.896. The molecule has 1 aromatic rings. The average Bonchev–Trinajstić information content (AvgIpc) is 2.38. The Bertz CT molecular complexity index is 447. The average molecular weight is 276 g/mol. The van der Waals surface area contributed by atoms with Crippen LogP contribution in [0.2, 0.25) is 0 Å². The Hall–Kier alpha value is -1.32. The van der Waals surface area contributed by atoms with Crippen LogP contribution >= 0.6 is 0 Å². The predicted molar refractivity (Wildman–Crippen MR) is 79.8 cm³/mol. The highest BCUT2D eigenvalue weighted by atomic mass is 16.8. The summed E-state index contributed by atoms with van der Waals surface area (Å²) in [5.74, 6) is 0.636. The van der Waals surface area contributed by atoms with E-state index in [4.69, 9.17) is 14.2 Å². The molecule has 3 heteroatoms. The van der Waals surface area contributed by atoms with Crippen LogP contribution in [-0.4, -0.2) is 18.7 Å². The van der Waals surface area contributed by atoms with Gasteiger partial charge in [-0.25, -0.2) is 0 Å². The molecule has 1 fully saturated rings. The minimum absolute atomic E-state index is 0.0790. The summed E-state index contributed by atoms with van der Waals surface area (Å²) < 4.78 is 17.6. The first-order valence-corrected chi connectivity index (χ1v) is 7.08. The van der Waals surface area contributed by atoms with E-state index in [-0.39, 0.29) is 24.1 Å². The Kier molecular flexibility index (Phi) is 4.51. The zero-order valence-corrected chi connectivity index (χ0v) is 12.8. The van der Waals surface area contributed by atoms with Gasteiger partial charge in [-0.05, 0) is 6.92 Å². The summed E-state index contributed by atoms with van der Waals surface area (Å²) in [5, 5.41) is 0. The number of hydrogen-bond acceptors (Lipinski definition) is 3. The second-order valence-electron chi connectivity index (χ2n) is 6.35. The SMILES string of the molecule is C=C(O[C@@H]1C[C@H](C)O[C@H](C(C)(C)C)O1)c1ccccc1. The fraction of sp³-hybridized carbons (Fsp3) is 0.529. The molecule has 0 bridgehead atoms. The summed E-state index contributed by atoms with van der Waals surface area (Å²) in [7, 11) is 0. The van der Waals surface area contributed by atoms with E-state index < -0.39 is 0 Å². The van der Waals surface area contributed by atoms with Crippen molar-refractivity contribution in [1.29, 1.82) is 0 Å². The summed E-state index contributed by atoms with van der Waals surface area (Å²) in [6.07, 6.45) is 0.246. The van der Waals surface area contributed by atoms with Gasteiger partial charge in [-0.3, -0.25) is 0 Å². The normalized spacial score (nSPS) is 27.1. The van der Waals surface area contributed by atoms with Gasteiger partial charge in [-0.1, -0.05) is 57.7 Å². The van der Waals surface area contributed by atoms with E-state index in [0.717, 1.165) is 5.56 Å². The smallest absolute Gasteiger partial charge is 0.205 e. The van der Waals surface area contributed by atoms with E-state index in [1.54, 1.807) is 0 Å². The predicted octanol–water partition coefficient (Wildman–Crippen LogP) is 4.20. The molecule has 0 amide bonds. The number of rotatable bonds is 3. The van der Waals surface area contributed by atoms with Gasteiger partial charge in [0.05, 0.1) is 6.10 Å². The molecule has 0 unspecified atom stereocenters. The first-order valence-electron chi connectivity index (χ1n) is 7.08. The highest BCUT2D eigenvalue weighted by molar-refractivity contribution is 5.57. The third-order valence-electron chi connectivity index (χ3n) is 3.23. The van der Waals surface area contributed by atoms with Gasteiger partial charge >= 0.3 is 0 Å². The minimum Gasteiger partial charge on any atom is -0.465 e. The molecule has 1 saturated heterocycles. The van der Waals surface area contributed by atoms with Crippen molar-refractivity contribution in [3.05, 3.63) is 42.5 Å². The molecule has 1 aliphatic rings. The highest BCUT2D eigenvalue weighted by Crippen LogP contribution is 2.32. The molecule has 0 aliphatic carbocycles. The second-order valence-corrected chi connectivity index (χ2v) is 6.35. The Morgan fingerprint density at radius 3 is 2.45 bits per heavy atom. The maximum absolute atomic E-state index is 5.91. The Labute approximate surface area is 121 Å². The zero-order valence-electron chi connectivity index (χ0n) is 12.8. The summed E-state index contributed by atoms with van der Waals surface area (Å²) in [6, 6.07) is 9.86. The van der Waals surface area contributed by atoms with E-state index in [1.807, 2.05) is 37.3 Å². The van der Waals surface area contributed by atoms with Crippen LogP contribution in [0.15, 0.2) is 36.9 Å². The van der Waals surface area contributed by atoms with Gasteiger partial charge in [0.15, 0.2) is 6.29 Å². The Morgan fingerprint density at radius 1 is 1.20 bits per heavy atom. The van der Waals surface area contributed by atoms with Crippen LogP contribution in [0, 0.1) is 5.41 Å². The van der Waals surface area contributed by atoms with Crippen molar-refractivity contribution >= 4 is 5.76 Å². The Morgan fingerprint density at radius 2 is 1.85 bits per heavy atom. The summed E-state index contributed by atoms with van der Waals surface area (Å²) in [4.78, 5) is 0. The van der Waals surface area contributed by atoms with Gasteiger partial charge in [0, 0.05) is 17.4 Å². The third kappa shape index (κ3) is 3.84. The lowest BCUT2D eigenvalue weighted by atomic mass is 9.95. The first-order chi connectivity index (χ1) is 9.36. The van der Waals surface area contributed by atoms with E-state index in [9.17, 15) is 0 Å². The second kappa shape index (κ2) is 5.98.